The molecule has 0 saturated heterocycles. The van der Waals surface area contributed by atoms with Crippen LogP contribution in [0.5, 0.6) is 0 Å². The Morgan fingerprint density at radius 2 is 2.14 bits per heavy atom. The number of carbonyl (C=O) groups is 1. The predicted molar refractivity (Wildman–Crippen MR) is 56.8 cm³/mol. The third kappa shape index (κ3) is 7.49. The van der Waals surface area contributed by atoms with Crippen molar-refractivity contribution in [3.05, 3.63) is 18.0 Å². The number of carbonyl (C=O) groups excluding carboxylic acids is 1. The van der Waals surface area contributed by atoms with E-state index in [1.807, 2.05) is 0 Å². The predicted octanol–water partition coefficient (Wildman–Crippen LogP) is 1.14. The van der Waals surface area contributed by atoms with Crippen molar-refractivity contribution in [2.75, 3.05) is 0 Å². The van der Waals surface area contributed by atoms with Gasteiger partial charge in [0.2, 0.25) is 0 Å². The quantitative estimate of drug-likeness (QED) is 0.714. The van der Waals surface area contributed by atoms with Gasteiger partial charge in [-0.15, -0.1) is 0 Å². The molecule has 0 aliphatic carbocycles. The van der Waals surface area contributed by atoms with E-state index in [-0.39, 0.29) is 0 Å². The van der Waals surface area contributed by atoms with Crippen molar-refractivity contribution in [1.82, 2.24) is 10.2 Å². The fourth-order valence-electron chi connectivity index (χ4n) is 0.700. The van der Waals surface area contributed by atoms with Crippen molar-refractivity contribution in [3.8, 4) is 0 Å². The van der Waals surface area contributed by atoms with Crippen LogP contribution >= 0.6 is 0 Å². The van der Waals surface area contributed by atoms with Crippen LogP contribution in [0.2, 0.25) is 0 Å². The van der Waals surface area contributed by atoms with Gasteiger partial charge in [-0.2, -0.15) is 5.10 Å². The molecule has 4 heteroatoms. The molecule has 4 nitrogen and oxygen atoms in total. The molecular formula is C10H19N3O. The minimum absolute atomic E-state index is 0.416. The van der Waals surface area contributed by atoms with E-state index in [9.17, 15) is 4.79 Å². The molecule has 1 atom stereocenters. The molecule has 1 rings (SSSR count). The first-order valence-electron chi connectivity index (χ1n) is 4.75. The van der Waals surface area contributed by atoms with E-state index in [4.69, 9.17) is 5.73 Å². The normalized spacial score (nSPS) is 11.8. The monoisotopic (exact) mass is 197 g/mol. The lowest BCUT2D eigenvalue weighted by molar-refractivity contribution is -0.108. The minimum Gasteiger partial charge on any atom is -0.321 e. The molecule has 1 unspecified atom stereocenters. The largest absolute Gasteiger partial charge is 0.321 e. The Morgan fingerprint density at radius 1 is 1.57 bits per heavy atom. The summed E-state index contributed by atoms with van der Waals surface area (Å²) in [7, 11) is 0. The average Bonchev–Trinajstić information content (AvgIpc) is 2.55. The van der Waals surface area contributed by atoms with Gasteiger partial charge in [0.15, 0.2) is 0 Å². The van der Waals surface area contributed by atoms with Crippen LogP contribution in [-0.4, -0.2) is 22.5 Å². The van der Waals surface area contributed by atoms with Gasteiger partial charge in [0.25, 0.3) is 0 Å². The van der Waals surface area contributed by atoms with Gasteiger partial charge in [-0.25, -0.2) is 0 Å². The molecule has 0 saturated carbocycles. The van der Waals surface area contributed by atoms with Gasteiger partial charge in [-0.05, 0) is 12.0 Å². The molecular weight excluding hydrogens is 178 g/mol. The number of hydrogen-bond donors (Lipinski definition) is 2. The van der Waals surface area contributed by atoms with Crippen molar-refractivity contribution < 1.29 is 4.79 Å². The summed E-state index contributed by atoms with van der Waals surface area (Å²) in [4.78, 5) is 10.1. The van der Waals surface area contributed by atoms with Crippen molar-refractivity contribution in [2.24, 2.45) is 11.7 Å². The lowest BCUT2D eigenvalue weighted by Gasteiger charge is -1.98. The average molecular weight is 197 g/mol. The third-order valence-electron chi connectivity index (χ3n) is 1.19. The number of nitrogens with zero attached hydrogens (tertiary/aromatic N) is 1. The number of aromatic nitrogens is 2. The Bertz CT molecular complexity index is 229. The Kier molecular flexibility index (Phi) is 6.66. The van der Waals surface area contributed by atoms with E-state index in [1.54, 1.807) is 12.3 Å². The second kappa shape index (κ2) is 7.26. The summed E-state index contributed by atoms with van der Waals surface area (Å²) in [6, 6.07) is 1.38. The van der Waals surface area contributed by atoms with Crippen LogP contribution in [0, 0.1) is 5.92 Å². The van der Waals surface area contributed by atoms with Crippen LogP contribution in [0.25, 0.3) is 0 Å². The van der Waals surface area contributed by atoms with Gasteiger partial charge in [0.05, 0.1) is 6.04 Å². The molecule has 0 aromatic carbocycles. The van der Waals surface area contributed by atoms with Crippen LogP contribution in [0.1, 0.15) is 26.5 Å². The second-order valence-electron chi connectivity index (χ2n) is 3.82. The Labute approximate surface area is 84.9 Å². The standard InChI is InChI=1S/C6H9N3O.C4H10/c7-5(4-10)3-6-1-2-8-9-6;1-4(2)3/h1-2,4-5H,3,7H2,(H,8,9);4H,1-3H3. The van der Waals surface area contributed by atoms with E-state index >= 15 is 0 Å². The summed E-state index contributed by atoms with van der Waals surface area (Å²) >= 11 is 0. The fraction of sp³-hybridized carbons (Fsp3) is 0.600. The molecule has 0 bridgehead atoms. The zero-order valence-electron chi connectivity index (χ0n) is 9.03. The van der Waals surface area contributed by atoms with Crippen molar-refractivity contribution >= 4 is 6.29 Å². The second-order valence-corrected chi connectivity index (χ2v) is 3.82. The molecule has 0 amide bonds. The summed E-state index contributed by atoms with van der Waals surface area (Å²) in [6.45, 7) is 6.50. The van der Waals surface area contributed by atoms with Crippen LogP contribution in [0.4, 0.5) is 0 Å². The number of rotatable bonds is 3. The maximum absolute atomic E-state index is 10.1. The zero-order valence-corrected chi connectivity index (χ0v) is 9.03. The molecule has 0 aliphatic rings. The van der Waals surface area contributed by atoms with Crippen molar-refractivity contribution in [2.45, 2.75) is 33.2 Å². The molecule has 0 aliphatic heterocycles. The number of nitrogens with one attached hydrogen (secondary N) is 1. The lowest BCUT2D eigenvalue weighted by Crippen LogP contribution is -2.24. The highest BCUT2D eigenvalue weighted by Gasteiger charge is 2.01. The summed E-state index contributed by atoms with van der Waals surface area (Å²) < 4.78 is 0. The molecule has 0 spiro atoms. The molecule has 14 heavy (non-hydrogen) atoms. The summed E-state index contributed by atoms with van der Waals surface area (Å²) in [6.07, 6.45) is 2.89. The van der Waals surface area contributed by atoms with Crippen LogP contribution in [0.15, 0.2) is 12.3 Å². The first kappa shape index (κ1) is 12.8. The van der Waals surface area contributed by atoms with E-state index in [0.717, 1.165) is 17.9 Å². The van der Waals surface area contributed by atoms with E-state index < -0.39 is 6.04 Å². The van der Waals surface area contributed by atoms with E-state index in [2.05, 4.69) is 31.0 Å². The lowest BCUT2D eigenvalue weighted by atomic mass is 10.2. The molecule has 0 radical (unpaired) electrons. The number of H-pyrrole nitrogens is 1. The third-order valence-corrected chi connectivity index (χ3v) is 1.19. The first-order chi connectivity index (χ1) is 6.56. The molecule has 1 heterocycles. The van der Waals surface area contributed by atoms with Crippen LogP contribution < -0.4 is 5.73 Å². The maximum atomic E-state index is 10.1. The van der Waals surface area contributed by atoms with E-state index in [1.165, 1.54) is 0 Å². The number of nitrogens with two attached hydrogens (primary N) is 1. The highest BCUT2D eigenvalue weighted by Crippen LogP contribution is 1.93. The first-order valence-corrected chi connectivity index (χ1v) is 4.75. The van der Waals surface area contributed by atoms with Gasteiger partial charge < -0.3 is 10.5 Å². The molecule has 1 aromatic rings. The smallest absolute Gasteiger partial charge is 0.137 e. The Hall–Kier alpha value is -1.16. The summed E-state index contributed by atoms with van der Waals surface area (Å²) in [5.74, 6) is 0.833. The molecule has 80 valence electrons. The fourth-order valence-corrected chi connectivity index (χ4v) is 0.700. The highest BCUT2D eigenvalue weighted by atomic mass is 16.1. The van der Waals surface area contributed by atoms with Gasteiger partial charge in [-0.3, -0.25) is 5.10 Å². The minimum atomic E-state index is -0.416. The Balaban J connectivity index is 0.000000364. The van der Waals surface area contributed by atoms with Crippen LogP contribution in [-0.2, 0) is 11.2 Å². The van der Waals surface area contributed by atoms with Gasteiger partial charge in [-0.1, -0.05) is 20.8 Å². The van der Waals surface area contributed by atoms with Crippen molar-refractivity contribution in [1.29, 1.82) is 0 Å². The van der Waals surface area contributed by atoms with Gasteiger partial charge >= 0.3 is 0 Å². The maximum Gasteiger partial charge on any atom is 0.137 e. The topological polar surface area (TPSA) is 71.8 Å². The molecule has 0 fully saturated rings. The summed E-state index contributed by atoms with van der Waals surface area (Å²) in [5.41, 5.74) is 6.24. The number of aldehydes is 1. The number of aromatic amines is 1. The van der Waals surface area contributed by atoms with Gasteiger partial charge in [0.1, 0.15) is 6.29 Å². The Morgan fingerprint density at radius 3 is 2.50 bits per heavy atom. The zero-order chi connectivity index (χ0) is 11.0. The summed E-state index contributed by atoms with van der Waals surface area (Å²) in [5, 5.41) is 6.43. The molecule has 3 N–H and O–H groups in total. The highest BCUT2D eigenvalue weighted by molar-refractivity contribution is 5.57. The van der Waals surface area contributed by atoms with Crippen molar-refractivity contribution in [3.63, 3.8) is 0 Å². The number of hydrogen-bond acceptors (Lipinski definition) is 3. The SMILES string of the molecule is CC(C)C.NC(C=O)Cc1ccn[nH]1. The molecule has 1 aromatic heterocycles. The van der Waals surface area contributed by atoms with E-state index in [0.29, 0.717) is 6.42 Å². The van der Waals surface area contributed by atoms with Crippen LogP contribution in [0.3, 0.4) is 0 Å². The van der Waals surface area contributed by atoms with Gasteiger partial charge in [0, 0.05) is 18.3 Å².